The quantitative estimate of drug-likeness (QED) is 0.622. The Morgan fingerprint density at radius 2 is 1.61 bits per heavy atom. The molecule has 0 radical (unpaired) electrons. The molecule has 3 rings (SSSR count). The molecule has 0 aromatic carbocycles. The number of ether oxygens (including phenoxy) is 2. The summed E-state index contributed by atoms with van der Waals surface area (Å²) in [5.74, 6) is -1.83. The summed E-state index contributed by atoms with van der Waals surface area (Å²) in [6, 6.07) is -0.625. The van der Waals surface area contributed by atoms with Crippen LogP contribution in [0.15, 0.2) is 0 Å². The number of carbonyl (C=O) groups excluding carboxylic acids is 3. The summed E-state index contributed by atoms with van der Waals surface area (Å²) in [5, 5.41) is 2.77. The van der Waals surface area contributed by atoms with Crippen LogP contribution < -0.4 is 5.32 Å². The van der Waals surface area contributed by atoms with E-state index < -0.39 is 53.7 Å². The molecule has 2 aliphatic carbocycles. The van der Waals surface area contributed by atoms with E-state index in [1.54, 1.807) is 41.5 Å². The van der Waals surface area contributed by atoms with Crippen LogP contribution in [-0.2, 0) is 19.1 Å². The van der Waals surface area contributed by atoms with Crippen molar-refractivity contribution in [1.29, 1.82) is 0 Å². The number of hydrogen-bond acceptors (Lipinski definition) is 5. The summed E-state index contributed by atoms with van der Waals surface area (Å²) in [4.78, 5) is 38.9. The van der Waals surface area contributed by atoms with E-state index in [0.717, 1.165) is 6.42 Å². The highest BCUT2D eigenvalue weighted by molar-refractivity contribution is 5.78. The molecule has 3 aliphatic rings. The average Bonchev–Trinajstić information content (AvgIpc) is 2.72. The van der Waals surface area contributed by atoms with Crippen LogP contribution in [-0.4, -0.2) is 59.9 Å². The number of piperidine rings is 1. The van der Waals surface area contributed by atoms with Gasteiger partial charge >= 0.3 is 18.2 Å². The molecule has 3 bridgehead atoms. The van der Waals surface area contributed by atoms with Gasteiger partial charge in [-0.1, -0.05) is 0 Å². The van der Waals surface area contributed by atoms with Crippen molar-refractivity contribution in [2.75, 3.05) is 13.1 Å². The van der Waals surface area contributed by atoms with Gasteiger partial charge in [0.2, 0.25) is 5.91 Å². The minimum atomic E-state index is -4.61. The Morgan fingerprint density at radius 3 is 2.15 bits per heavy atom. The van der Waals surface area contributed by atoms with E-state index >= 15 is 0 Å². The van der Waals surface area contributed by atoms with Gasteiger partial charge in [0, 0.05) is 19.0 Å². The number of alkyl halides is 3. The van der Waals surface area contributed by atoms with Gasteiger partial charge in [-0.15, -0.1) is 0 Å². The summed E-state index contributed by atoms with van der Waals surface area (Å²) in [5.41, 5.74) is -1.46. The van der Waals surface area contributed by atoms with E-state index in [1.165, 1.54) is 4.90 Å². The number of hydrogen-bond donors (Lipinski definition) is 1. The number of halogens is 3. The van der Waals surface area contributed by atoms with Crippen LogP contribution in [0.5, 0.6) is 0 Å². The highest BCUT2D eigenvalue weighted by atomic mass is 19.4. The van der Waals surface area contributed by atoms with Gasteiger partial charge in [-0.25, -0.2) is 4.79 Å². The lowest BCUT2D eigenvalue weighted by Gasteiger charge is -2.45. The maximum Gasteiger partial charge on any atom is 0.407 e. The van der Waals surface area contributed by atoms with E-state index in [2.05, 4.69) is 5.32 Å². The minimum Gasteiger partial charge on any atom is -0.459 e. The van der Waals surface area contributed by atoms with Gasteiger partial charge in [-0.2, -0.15) is 13.2 Å². The van der Waals surface area contributed by atoms with Crippen molar-refractivity contribution in [3.63, 3.8) is 0 Å². The smallest absolute Gasteiger partial charge is 0.407 e. The van der Waals surface area contributed by atoms with Crippen molar-refractivity contribution in [1.82, 2.24) is 10.2 Å². The summed E-state index contributed by atoms with van der Waals surface area (Å²) in [6.45, 7) is 10.9. The number of amides is 2. The molecule has 1 N–H and O–H groups in total. The predicted octanol–water partition coefficient (Wildman–Crippen LogP) is 3.90. The highest BCUT2D eigenvalue weighted by Gasteiger charge is 2.62. The lowest BCUT2D eigenvalue weighted by molar-refractivity contribution is -0.173. The Morgan fingerprint density at radius 1 is 1.00 bits per heavy atom. The van der Waals surface area contributed by atoms with Crippen molar-refractivity contribution in [2.24, 2.45) is 29.1 Å². The largest absolute Gasteiger partial charge is 0.459 e. The summed E-state index contributed by atoms with van der Waals surface area (Å²) in [6.07, 6.45) is -6.06. The zero-order chi connectivity index (χ0) is 24.9. The normalized spacial score (nSPS) is 31.4. The predicted molar refractivity (Wildman–Crippen MR) is 113 cm³/mol. The first-order valence-electron chi connectivity index (χ1n) is 11.5. The molecule has 1 heterocycles. The zero-order valence-electron chi connectivity index (χ0n) is 20.1. The van der Waals surface area contributed by atoms with E-state index in [-0.39, 0.29) is 36.8 Å². The van der Waals surface area contributed by atoms with Gasteiger partial charge < -0.3 is 19.7 Å². The monoisotopic (exact) mass is 476 g/mol. The van der Waals surface area contributed by atoms with Gasteiger partial charge in [-0.05, 0) is 72.1 Å². The first kappa shape index (κ1) is 25.6. The third-order valence-corrected chi connectivity index (χ3v) is 6.73. The maximum absolute atomic E-state index is 13.0. The lowest BCUT2D eigenvalue weighted by Crippen LogP contribution is -2.55. The van der Waals surface area contributed by atoms with Crippen LogP contribution in [0.25, 0.3) is 0 Å². The highest BCUT2D eigenvalue weighted by Crippen LogP contribution is 2.55. The van der Waals surface area contributed by atoms with Crippen LogP contribution in [0.1, 0.15) is 60.8 Å². The Kier molecular flexibility index (Phi) is 6.72. The Bertz CT molecular complexity index is 786. The van der Waals surface area contributed by atoms with Crippen LogP contribution in [0.4, 0.5) is 18.0 Å². The van der Waals surface area contributed by atoms with Gasteiger partial charge in [0.25, 0.3) is 0 Å². The fourth-order valence-corrected chi connectivity index (χ4v) is 5.57. The molecule has 6 atom stereocenters. The van der Waals surface area contributed by atoms with Crippen LogP contribution in [0, 0.1) is 29.1 Å². The lowest BCUT2D eigenvalue weighted by atomic mass is 9.70. The van der Waals surface area contributed by atoms with E-state index in [0.29, 0.717) is 6.42 Å². The van der Waals surface area contributed by atoms with Gasteiger partial charge in [-0.3, -0.25) is 9.59 Å². The standard InChI is InChI=1S/C23H35F3N2O5/c1-21(2,3)19(30)32-18-14-8-12-7-13(15(14)10-27-20(31)33-22(4,5)6)17(18)28(11-12)16(29)9-23(24,25)26/h12-15,17-18H,7-11H2,1-6H3,(H,27,31)/t12?,13-,14+,15?,17?,18-/m0/s1. The second-order valence-electron chi connectivity index (χ2n) is 11.7. The first-order valence-corrected chi connectivity index (χ1v) is 11.5. The number of likely N-dealkylation sites (tertiary alicyclic amines) is 1. The molecule has 0 aromatic heterocycles. The number of rotatable bonds is 4. The summed E-state index contributed by atoms with van der Waals surface area (Å²) in [7, 11) is 0. The van der Waals surface area contributed by atoms with Crippen LogP contribution in [0.2, 0.25) is 0 Å². The molecule has 0 aromatic rings. The van der Waals surface area contributed by atoms with Crippen molar-refractivity contribution in [2.45, 2.75) is 84.7 Å². The molecule has 3 unspecified atom stereocenters. The molecule has 2 saturated carbocycles. The van der Waals surface area contributed by atoms with Crippen molar-refractivity contribution < 1.29 is 37.0 Å². The molecule has 10 heteroatoms. The fourth-order valence-electron chi connectivity index (χ4n) is 5.57. The second kappa shape index (κ2) is 8.65. The third-order valence-electron chi connectivity index (χ3n) is 6.73. The molecule has 7 nitrogen and oxygen atoms in total. The van der Waals surface area contributed by atoms with Crippen molar-refractivity contribution in [3.8, 4) is 0 Å². The van der Waals surface area contributed by atoms with E-state index in [1.807, 2.05) is 0 Å². The number of alkyl carbamates (subject to hydrolysis) is 1. The minimum absolute atomic E-state index is 0.0459. The van der Waals surface area contributed by atoms with Gasteiger partial charge in [0.05, 0.1) is 11.5 Å². The SMILES string of the molecule is CC(C)(C)OC(=O)NCC1[C@@H]2CC3C[C@H]1[C@H](OC(=O)C(C)(C)C)C2N(C(=O)CC(F)(F)F)C3. The molecule has 3 fully saturated rings. The third kappa shape index (κ3) is 5.93. The average molecular weight is 477 g/mol. The molecular formula is C23H35F3N2O5. The second-order valence-corrected chi connectivity index (χ2v) is 11.7. The molecular weight excluding hydrogens is 441 g/mol. The van der Waals surface area contributed by atoms with Gasteiger partial charge in [0.15, 0.2) is 0 Å². The number of fused-ring (bicyclic) bond motifs is 2. The summed E-state index contributed by atoms with van der Waals surface area (Å²) >= 11 is 0. The molecule has 1 saturated heterocycles. The molecule has 0 spiro atoms. The Labute approximate surface area is 192 Å². The Balaban J connectivity index is 1.84. The summed E-state index contributed by atoms with van der Waals surface area (Å²) < 4.78 is 50.2. The fraction of sp³-hybridized carbons (Fsp3) is 0.870. The van der Waals surface area contributed by atoms with E-state index in [9.17, 15) is 27.6 Å². The number of carbonyl (C=O) groups is 3. The number of nitrogens with zero attached hydrogens (tertiary/aromatic N) is 1. The van der Waals surface area contributed by atoms with E-state index in [4.69, 9.17) is 9.47 Å². The topological polar surface area (TPSA) is 84.9 Å². The Hall–Kier alpha value is -2.00. The van der Waals surface area contributed by atoms with Crippen LogP contribution in [0.3, 0.4) is 0 Å². The van der Waals surface area contributed by atoms with Crippen LogP contribution >= 0.6 is 0 Å². The zero-order valence-corrected chi connectivity index (χ0v) is 20.1. The number of esters is 1. The van der Waals surface area contributed by atoms with Gasteiger partial charge in [0.1, 0.15) is 18.1 Å². The molecule has 188 valence electrons. The van der Waals surface area contributed by atoms with Crippen molar-refractivity contribution in [3.05, 3.63) is 0 Å². The first-order chi connectivity index (χ1) is 15.0. The molecule has 33 heavy (non-hydrogen) atoms. The molecule has 1 aliphatic heterocycles. The number of nitrogens with one attached hydrogen (secondary N) is 1. The maximum atomic E-state index is 13.0. The molecule has 2 amide bonds. The van der Waals surface area contributed by atoms with Crippen molar-refractivity contribution >= 4 is 18.0 Å².